The second kappa shape index (κ2) is 6.49. The van der Waals surface area contributed by atoms with Gasteiger partial charge in [0.2, 0.25) is 10.0 Å². The molecule has 1 N–H and O–H groups in total. The van der Waals surface area contributed by atoms with Crippen molar-refractivity contribution in [3.63, 3.8) is 0 Å². The van der Waals surface area contributed by atoms with Gasteiger partial charge in [-0.2, -0.15) is 0 Å². The van der Waals surface area contributed by atoms with Crippen LogP contribution >= 0.6 is 0 Å². The van der Waals surface area contributed by atoms with Crippen LogP contribution in [0.2, 0.25) is 0 Å². The summed E-state index contributed by atoms with van der Waals surface area (Å²) >= 11 is 0. The minimum atomic E-state index is -4.09. The summed E-state index contributed by atoms with van der Waals surface area (Å²) in [5.41, 5.74) is 1.96. The number of hydrogen-bond acceptors (Lipinski definition) is 5. The first-order valence-corrected chi connectivity index (χ1v) is 12.5. The van der Waals surface area contributed by atoms with Crippen molar-refractivity contribution in [3.05, 3.63) is 23.8 Å². The molecule has 1 aliphatic heterocycles. The number of fused-ring (bicyclic) bond motifs is 1. The molecule has 0 spiro atoms. The third-order valence-electron chi connectivity index (χ3n) is 5.97. The van der Waals surface area contributed by atoms with Gasteiger partial charge in [0.15, 0.2) is 0 Å². The van der Waals surface area contributed by atoms with Gasteiger partial charge in [0.1, 0.15) is 0 Å². The molecule has 0 unspecified atom stereocenters. The monoisotopic (exact) mass is 398 g/mol. The maximum atomic E-state index is 12.6. The number of anilines is 1. The number of aryl methyl sites for hydroxylation is 1. The zero-order chi connectivity index (χ0) is 18.5. The summed E-state index contributed by atoms with van der Waals surface area (Å²) < 4.78 is 51.9. The van der Waals surface area contributed by atoms with Crippen LogP contribution in [0.15, 0.2) is 23.1 Å². The smallest absolute Gasteiger partial charge is 0.253 e. The molecule has 2 fully saturated rings. The lowest BCUT2D eigenvalue weighted by Crippen LogP contribution is -2.39. The molecule has 26 heavy (non-hydrogen) atoms. The molecular formula is C18H26N2O4S2. The summed E-state index contributed by atoms with van der Waals surface area (Å²) in [6, 6.07) is 4.87. The largest absolute Gasteiger partial charge is 0.374 e. The predicted molar refractivity (Wildman–Crippen MR) is 101 cm³/mol. The Morgan fingerprint density at radius 3 is 2.54 bits per heavy atom. The van der Waals surface area contributed by atoms with Crippen molar-refractivity contribution in [2.75, 3.05) is 24.2 Å². The second-order valence-corrected chi connectivity index (χ2v) is 11.8. The second-order valence-electron chi connectivity index (χ2n) is 8.12. The molecule has 4 rings (SSSR count). The van der Waals surface area contributed by atoms with Gasteiger partial charge in [-0.3, -0.25) is 0 Å². The van der Waals surface area contributed by atoms with Crippen LogP contribution in [0.3, 0.4) is 0 Å². The highest BCUT2D eigenvalue weighted by Gasteiger charge is 2.42. The first-order valence-electron chi connectivity index (χ1n) is 9.34. The molecule has 1 aromatic carbocycles. The van der Waals surface area contributed by atoms with Crippen LogP contribution < -0.4 is 9.03 Å². The predicted octanol–water partition coefficient (Wildman–Crippen LogP) is 2.11. The molecule has 0 atom stereocenters. The summed E-state index contributed by atoms with van der Waals surface area (Å²) in [7, 11) is -6.03. The molecule has 1 heterocycles. The zero-order valence-electron chi connectivity index (χ0n) is 15.0. The molecule has 0 saturated heterocycles. The fraction of sp³-hybridized carbons (Fsp3) is 0.667. The number of rotatable bonds is 6. The molecule has 1 aromatic rings. The van der Waals surface area contributed by atoms with Gasteiger partial charge in [0, 0.05) is 19.3 Å². The molecule has 0 aromatic heterocycles. The van der Waals surface area contributed by atoms with Crippen molar-refractivity contribution in [3.8, 4) is 0 Å². The van der Waals surface area contributed by atoms with E-state index in [0.717, 1.165) is 49.4 Å². The lowest BCUT2D eigenvalue weighted by molar-refractivity contribution is 0.187. The fourth-order valence-corrected chi connectivity index (χ4v) is 7.74. The van der Waals surface area contributed by atoms with Gasteiger partial charge in [0.25, 0.3) is 10.0 Å². The maximum Gasteiger partial charge on any atom is 0.253 e. The Morgan fingerprint density at radius 2 is 1.85 bits per heavy atom. The van der Waals surface area contributed by atoms with Crippen molar-refractivity contribution in [1.82, 2.24) is 4.13 Å². The lowest BCUT2D eigenvalue weighted by atomic mass is 9.73. The summed E-state index contributed by atoms with van der Waals surface area (Å²) in [4.78, 5) is 2.02. The SMILES string of the molecule is CN1CCCc2ccc(S(=O)(=O)NS(=O)(=O)CC3CC(C4CC4)C3)cc21. The van der Waals surface area contributed by atoms with Gasteiger partial charge in [0.05, 0.1) is 10.6 Å². The fourth-order valence-electron chi connectivity index (χ4n) is 4.34. The molecule has 2 saturated carbocycles. The van der Waals surface area contributed by atoms with E-state index in [4.69, 9.17) is 0 Å². The van der Waals surface area contributed by atoms with Crippen LogP contribution in [0.1, 0.15) is 37.7 Å². The Kier molecular flexibility index (Phi) is 4.56. The molecular weight excluding hydrogens is 372 g/mol. The van der Waals surface area contributed by atoms with Crippen LogP contribution in [0.25, 0.3) is 0 Å². The average molecular weight is 399 g/mol. The van der Waals surface area contributed by atoms with Gasteiger partial charge in [-0.1, -0.05) is 6.07 Å². The number of benzene rings is 1. The number of nitrogens with one attached hydrogen (secondary N) is 1. The standard InChI is InChI=1S/C18H26N2O4S2/c1-20-8-2-3-15-6-7-17(11-18(15)20)26(23,24)19-25(21,22)12-13-9-16(10-13)14-4-5-14/h6-7,11,13-14,16,19H,2-5,8-10,12H2,1H3. The van der Waals surface area contributed by atoms with Gasteiger partial charge in [-0.15, -0.1) is 4.13 Å². The highest BCUT2D eigenvalue weighted by Crippen LogP contribution is 2.49. The Labute approximate surface area is 156 Å². The third-order valence-corrected chi connectivity index (χ3v) is 9.65. The van der Waals surface area contributed by atoms with E-state index in [1.165, 1.54) is 18.9 Å². The van der Waals surface area contributed by atoms with Gasteiger partial charge in [-0.05, 0) is 74.0 Å². The van der Waals surface area contributed by atoms with Crippen molar-refractivity contribution < 1.29 is 16.8 Å². The quantitative estimate of drug-likeness (QED) is 0.793. The van der Waals surface area contributed by atoms with Gasteiger partial charge in [-0.25, -0.2) is 16.8 Å². The van der Waals surface area contributed by atoms with E-state index < -0.39 is 20.0 Å². The number of hydrogen-bond donors (Lipinski definition) is 1. The molecule has 6 nitrogen and oxygen atoms in total. The van der Waals surface area contributed by atoms with E-state index in [1.54, 1.807) is 12.1 Å². The highest BCUT2D eigenvalue weighted by atomic mass is 32.3. The van der Waals surface area contributed by atoms with E-state index in [9.17, 15) is 16.8 Å². The van der Waals surface area contributed by atoms with E-state index in [-0.39, 0.29) is 16.6 Å². The van der Waals surface area contributed by atoms with Crippen molar-refractivity contribution in [2.24, 2.45) is 17.8 Å². The van der Waals surface area contributed by atoms with Crippen molar-refractivity contribution in [2.45, 2.75) is 43.4 Å². The normalized spacial score (nSPS) is 26.3. The Morgan fingerprint density at radius 1 is 1.12 bits per heavy atom. The van der Waals surface area contributed by atoms with E-state index in [1.807, 2.05) is 16.1 Å². The Bertz CT molecular complexity index is 901. The van der Waals surface area contributed by atoms with Crippen LogP contribution in [-0.4, -0.2) is 36.2 Å². The molecule has 0 bridgehead atoms. The molecule has 144 valence electrons. The minimum Gasteiger partial charge on any atom is -0.374 e. The van der Waals surface area contributed by atoms with E-state index >= 15 is 0 Å². The van der Waals surface area contributed by atoms with E-state index in [2.05, 4.69) is 0 Å². The topological polar surface area (TPSA) is 83.6 Å². The van der Waals surface area contributed by atoms with Crippen LogP contribution in [0.4, 0.5) is 5.69 Å². The van der Waals surface area contributed by atoms with Gasteiger partial charge >= 0.3 is 0 Å². The minimum absolute atomic E-state index is 0.0121. The van der Waals surface area contributed by atoms with Crippen LogP contribution in [0, 0.1) is 17.8 Å². The zero-order valence-corrected chi connectivity index (χ0v) is 16.7. The number of sulfonamides is 2. The van der Waals surface area contributed by atoms with Crippen molar-refractivity contribution >= 4 is 25.7 Å². The molecule has 2 aliphatic carbocycles. The summed E-state index contributed by atoms with van der Waals surface area (Å²) in [6.07, 6.45) is 6.30. The lowest BCUT2D eigenvalue weighted by Gasteiger charge is -2.35. The Balaban J connectivity index is 1.45. The summed E-state index contributed by atoms with van der Waals surface area (Å²) in [5.74, 6) is 1.43. The third kappa shape index (κ3) is 3.77. The summed E-state index contributed by atoms with van der Waals surface area (Å²) in [5, 5.41) is 0. The first kappa shape index (κ1) is 18.3. The molecule has 0 amide bonds. The molecule has 8 heteroatoms. The van der Waals surface area contributed by atoms with Crippen molar-refractivity contribution in [1.29, 1.82) is 0 Å². The van der Waals surface area contributed by atoms with Gasteiger partial charge < -0.3 is 4.90 Å². The summed E-state index contributed by atoms with van der Waals surface area (Å²) in [6.45, 7) is 0.867. The first-order chi connectivity index (χ1) is 12.2. The van der Waals surface area contributed by atoms with E-state index in [0.29, 0.717) is 5.92 Å². The van der Waals surface area contributed by atoms with Crippen LogP contribution in [-0.2, 0) is 26.5 Å². The average Bonchev–Trinajstić information content (AvgIpc) is 3.34. The number of nitrogens with zero attached hydrogens (tertiary/aromatic N) is 1. The molecule has 0 radical (unpaired) electrons. The Hall–Kier alpha value is -1.12. The van der Waals surface area contributed by atoms with Crippen LogP contribution in [0.5, 0.6) is 0 Å². The molecule has 3 aliphatic rings. The highest BCUT2D eigenvalue weighted by molar-refractivity contribution is 8.04. The maximum absolute atomic E-state index is 12.6.